The van der Waals surface area contributed by atoms with Gasteiger partial charge in [-0.3, -0.25) is 4.79 Å². The van der Waals surface area contributed by atoms with Crippen molar-refractivity contribution >= 4 is 5.97 Å². The summed E-state index contributed by atoms with van der Waals surface area (Å²) < 4.78 is 16.7. The van der Waals surface area contributed by atoms with Gasteiger partial charge in [0.1, 0.15) is 6.10 Å². The van der Waals surface area contributed by atoms with Gasteiger partial charge in [0.25, 0.3) is 0 Å². The van der Waals surface area contributed by atoms with Crippen molar-refractivity contribution in [3.63, 3.8) is 0 Å². The summed E-state index contributed by atoms with van der Waals surface area (Å²) in [5.74, 6) is -0.279. The Labute approximate surface area is 152 Å². The van der Waals surface area contributed by atoms with Gasteiger partial charge in [-0.1, -0.05) is 13.3 Å². The zero-order valence-corrected chi connectivity index (χ0v) is 15.0. The van der Waals surface area contributed by atoms with Crippen LogP contribution in [-0.2, 0) is 14.3 Å². The molecule has 5 rings (SSSR count). The summed E-state index contributed by atoms with van der Waals surface area (Å²) in [5, 5.41) is 21.5. The van der Waals surface area contributed by atoms with Crippen molar-refractivity contribution in [1.82, 2.24) is 0 Å². The monoisotopic (exact) mass is 362 g/mol. The molecule has 6 heteroatoms. The lowest BCUT2D eigenvalue weighted by Gasteiger charge is -2.59. The number of aliphatic hydroxyl groups is 2. The van der Waals surface area contributed by atoms with Crippen LogP contribution in [0, 0.1) is 28.6 Å². The highest BCUT2D eigenvalue weighted by atomic mass is 16.6. The molecule has 142 valence electrons. The Morgan fingerprint density at radius 2 is 2.12 bits per heavy atom. The fourth-order valence-electron chi connectivity index (χ4n) is 6.72. The van der Waals surface area contributed by atoms with Crippen LogP contribution < -0.4 is 0 Å². The lowest BCUT2D eigenvalue weighted by molar-refractivity contribution is -0.194. The third-order valence-corrected chi connectivity index (χ3v) is 7.96. The Morgan fingerprint density at radius 3 is 2.88 bits per heavy atom. The average molecular weight is 362 g/mol. The molecule has 0 radical (unpaired) electrons. The molecule has 0 bridgehead atoms. The summed E-state index contributed by atoms with van der Waals surface area (Å²) in [6.45, 7) is 2.38. The van der Waals surface area contributed by atoms with E-state index in [1.807, 2.05) is 6.07 Å². The normalized spacial score (nSPS) is 50.5. The van der Waals surface area contributed by atoms with Gasteiger partial charge in [-0.25, -0.2) is 0 Å². The molecule has 2 N–H and O–H groups in total. The van der Waals surface area contributed by atoms with E-state index in [-0.39, 0.29) is 29.8 Å². The Morgan fingerprint density at radius 1 is 1.27 bits per heavy atom. The van der Waals surface area contributed by atoms with Gasteiger partial charge in [-0.05, 0) is 37.2 Å². The molecule has 4 fully saturated rings. The second kappa shape index (κ2) is 5.57. The van der Waals surface area contributed by atoms with E-state index >= 15 is 0 Å². The summed E-state index contributed by atoms with van der Waals surface area (Å²) >= 11 is 0. The van der Waals surface area contributed by atoms with E-state index in [0.717, 1.165) is 24.8 Å². The number of carbonyl (C=O) groups excluding carboxylic acids is 1. The van der Waals surface area contributed by atoms with Gasteiger partial charge in [-0.2, -0.15) is 0 Å². The molecular weight excluding hydrogens is 336 g/mol. The molecule has 2 saturated heterocycles. The van der Waals surface area contributed by atoms with Crippen LogP contribution in [0.2, 0.25) is 0 Å². The third-order valence-electron chi connectivity index (χ3n) is 7.96. The first-order valence-corrected chi connectivity index (χ1v) is 9.71. The van der Waals surface area contributed by atoms with E-state index in [1.165, 1.54) is 0 Å². The van der Waals surface area contributed by atoms with Crippen LogP contribution in [0.25, 0.3) is 0 Å². The molecule has 1 aromatic heterocycles. The molecule has 1 aromatic rings. The minimum atomic E-state index is -0.847. The number of cyclic esters (lactones) is 1. The Hall–Kier alpha value is -1.37. The topological polar surface area (TPSA) is 89.1 Å². The fraction of sp³-hybridized carbons (Fsp3) is 0.750. The molecule has 0 amide bonds. The average Bonchev–Trinajstić information content (AvgIpc) is 3.33. The predicted octanol–water partition coefficient (Wildman–Crippen LogP) is 2.41. The first-order valence-electron chi connectivity index (χ1n) is 9.71. The number of esters is 1. The van der Waals surface area contributed by atoms with Crippen LogP contribution in [0.3, 0.4) is 0 Å². The molecule has 2 saturated carbocycles. The lowest BCUT2D eigenvalue weighted by atomic mass is 9.43. The van der Waals surface area contributed by atoms with Crippen molar-refractivity contribution in [2.45, 2.75) is 57.5 Å². The number of furan rings is 1. The van der Waals surface area contributed by atoms with Crippen LogP contribution in [0.5, 0.6) is 0 Å². The van der Waals surface area contributed by atoms with Gasteiger partial charge < -0.3 is 24.1 Å². The largest absolute Gasteiger partial charge is 0.472 e. The molecule has 3 heterocycles. The van der Waals surface area contributed by atoms with Crippen LogP contribution in [0.1, 0.15) is 50.7 Å². The maximum atomic E-state index is 13.3. The third kappa shape index (κ3) is 1.90. The summed E-state index contributed by atoms with van der Waals surface area (Å²) in [6, 6.07) is 1.85. The Balaban J connectivity index is 1.59. The second-order valence-corrected chi connectivity index (χ2v) is 8.75. The van der Waals surface area contributed by atoms with E-state index in [9.17, 15) is 15.0 Å². The van der Waals surface area contributed by atoms with Crippen molar-refractivity contribution in [3.05, 3.63) is 24.2 Å². The molecule has 0 unspecified atom stereocenters. The minimum Gasteiger partial charge on any atom is -0.472 e. The minimum absolute atomic E-state index is 0.0222. The highest BCUT2D eigenvalue weighted by molar-refractivity contribution is 5.80. The molecular formula is C20H26O6. The van der Waals surface area contributed by atoms with E-state index < -0.39 is 23.2 Å². The first kappa shape index (κ1) is 16.8. The second-order valence-electron chi connectivity index (χ2n) is 8.75. The smallest absolute Gasteiger partial charge is 0.313 e. The van der Waals surface area contributed by atoms with Crippen molar-refractivity contribution < 1.29 is 28.9 Å². The maximum Gasteiger partial charge on any atom is 0.313 e. The quantitative estimate of drug-likeness (QED) is 0.746. The van der Waals surface area contributed by atoms with E-state index in [4.69, 9.17) is 13.9 Å². The number of ether oxygens (including phenoxy) is 2. The number of hydrogen-bond acceptors (Lipinski definition) is 6. The number of rotatable bonds is 1. The van der Waals surface area contributed by atoms with Crippen LogP contribution in [0.4, 0.5) is 0 Å². The SMILES string of the molecule is C[C@@H]1C[C@@H](O)[C@]23CO[C@@H](O)[C@@H]2CCC[C@@H]3[C@@]12C[C@@H](c1ccoc1)OC2=O. The van der Waals surface area contributed by atoms with Crippen LogP contribution >= 0.6 is 0 Å². The zero-order valence-electron chi connectivity index (χ0n) is 15.0. The number of fused-ring (bicyclic) bond motifs is 1. The summed E-state index contributed by atoms with van der Waals surface area (Å²) in [7, 11) is 0. The van der Waals surface area contributed by atoms with Gasteiger partial charge >= 0.3 is 5.97 Å². The molecule has 4 aliphatic rings. The van der Waals surface area contributed by atoms with Gasteiger partial charge in [0.2, 0.25) is 0 Å². The number of hydrogen-bond donors (Lipinski definition) is 2. The highest BCUT2D eigenvalue weighted by Gasteiger charge is 2.72. The van der Waals surface area contributed by atoms with Gasteiger partial charge in [0.15, 0.2) is 6.29 Å². The highest BCUT2D eigenvalue weighted by Crippen LogP contribution is 2.68. The zero-order chi connectivity index (χ0) is 18.1. The van der Waals surface area contributed by atoms with Crippen LogP contribution in [-0.4, -0.2) is 35.2 Å². The Kier molecular flexibility index (Phi) is 3.59. The van der Waals surface area contributed by atoms with Crippen molar-refractivity contribution in [3.8, 4) is 0 Å². The summed E-state index contributed by atoms with van der Waals surface area (Å²) in [5.41, 5.74) is -0.292. The molecule has 26 heavy (non-hydrogen) atoms. The van der Waals surface area contributed by atoms with Crippen LogP contribution in [0.15, 0.2) is 23.0 Å². The van der Waals surface area contributed by atoms with Gasteiger partial charge in [0, 0.05) is 23.3 Å². The van der Waals surface area contributed by atoms with Gasteiger partial charge in [0.05, 0.1) is 30.7 Å². The molecule has 8 atom stereocenters. The first-order chi connectivity index (χ1) is 12.5. The maximum absolute atomic E-state index is 13.3. The lowest BCUT2D eigenvalue weighted by Crippen LogP contribution is -2.63. The molecule has 2 aliphatic heterocycles. The standard InChI is InChI=1S/C20H26O6/c1-11-7-16(21)20-10-25-17(22)13(20)3-2-4-15(20)19(11)8-14(26-18(19)23)12-5-6-24-9-12/h5-6,9,11,13-17,21-22H,2-4,7-8,10H2,1H3/t11-,13+,14+,15-,16-,17-,19-,20-/m1/s1. The molecule has 2 spiro atoms. The van der Waals surface area contributed by atoms with E-state index in [1.54, 1.807) is 12.5 Å². The van der Waals surface area contributed by atoms with E-state index in [2.05, 4.69) is 6.92 Å². The van der Waals surface area contributed by atoms with Crippen molar-refractivity contribution in [1.29, 1.82) is 0 Å². The van der Waals surface area contributed by atoms with E-state index in [0.29, 0.717) is 19.4 Å². The summed E-state index contributed by atoms with van der Waals surface area (Å²) in [4.78, 5) is 13.3. The number of aliphatic hydroxyl groups excluding tert-OH is 2. The van der Waals surface area contributed by atoms with Gasteiger partial charge in [-0.15, -0.1) is 0 Å². The number of carbonyl (C=O) groups is 1. The predicted molar refractivity (Wildman–Crippen MR) is 89.6 cm³/mol. The van der Waals surface area contributed by atoms with Crippen molar-refractivity contribution in [2.24, 2.45) is 28.6 Å². The summed E-state index contributed by atoms with van der Waals surface area (Å²) in [6.07, 6.45) is 5.30. The molecule has 2 aliphatic carbocycles. The fourth-order valence-corrected chi connectivity index (χ4v) is 6.72. The molecule has 0 aromatic carbocycles. The molecule has 6 nitrogen and oxygen atoms in total. The Bertz CT molecular complexity index is 701. The van der Waals surface area contributed by atoms with Crippen molar-refractivity contribution in [2.75, 3.05) is 6.61 Å².